The summed E-state index contributed by atoms with van der Waals surface area (Å²) in [7, 11) is 0.914. The molecule has 8 heteroatoms. The molecule has 1 aliphatic rings. The first-order valence-electron chi connectivity index (χ1n) is 7.18. The Hall–Kier alpha value is -0.860. The Balaban J connectivity index is 2.12. The van der Waals surface area contributed by atoms with Crippen LogP contribution in [0.3, 0.4) is 0 Å². The molecule has 1 aromatic rings. The summed E-state index contributed by atoms with van der Waals surface area (Å²) in [6.07, 6.45) is 2.71. The van der Waals surface area contributed by atoms with Crippen LogP contribution in [0.4, 0.5) is 0 Å². The molecule has 0 bridgehead atoms. The normalized spacial score (nSPS) is 20.5. The molecular weight excluding hydrogens is 372 g/mol. The van der Waals surface area contributed by atoms with Crippen molar-refractivity contribution in [2.75, 3.05) is 38.7 Å². The highest BCUT2D eigenvalue weighted by Gasteiger charge is 2.35. The zero-order chi connectivity index (χ0) is 16.3. The number of hydrogen-bond acceptors (Lipinski definition) is 5. The van der Waals surface area contributed by atoms with Crippen molar-refractivity contribution < 1.29 is 17.6 Å². The van der Waals surface area contributed by atoms with Gasteiger partial charge in [0.25, 0.3) is 5.91 Å². The molecule has 1 amide bonds. The Morgan fingerprint density at radius 3 is 2.64 bits per heavy atom. The summed E-state index contributed by atoms with van der Waals surface area (Å²) in [5.41, 5.74) is 0.445. The van der Waals surface area contributed by atoms with E-state index in [4.69, 9.17) is 4.42 Å². The zero-order valence-corrected chi connectivity index (χ0v) is 15.2. The fourth-order valence-electron chi connectivity index (χ4n) is 2.62. The second-order valence-corrected chi connectivity index (χ2v) is 8.86. The maximum atomic E-state index is 12.7. The van der Waals surface area contributed by atoms with Gasteiger partial charge in [-0.25, -0.2) is 8.42 Å². The van der Waals surface area contributed by atoms with Gasteiger partial charge < -0.3 is 14.2 Å². The third kappa shape index (κ3) is 4.57. The van der Waals surface area contributed by atoms with Gasteiger partial charge in [0.2, 0.25) is 0 Å². The van der Waals surface area contributed by atoms with Gasteiger partial charge in [0.1, 0.15) is 6.26 Å². The predicted molar refractivity (Wildman–Crippen MR) is 87.7 cm³/mol. The van der Waals surface area contributed by atoms with E-state index in [1.807, 2.05) is 19.0 Å². The van der Waals surface area contributed by atoms with Crippen LogP contribution in [0, 0.1) is 0 Å². The highest BCUT2D eigenvalue weighted by Crippen LogP contribution is 2.22. The average Bonchev–Trinajstić information content (AvgIpc) is 2.99. The molecule has 1 atom stereocenters. The molecule has 0 N–H and O–H groups in total. The summed E-state index contributed by atoms with van der Waals surface area (Å²) < 4.78 is 29.1. The van der Waals surface area contributed by atoms with Gasteiger partial charge in [0.05, 0.1) is 17.1 Å². The maximum absolute atomic E-state index is 12.7. The Morgan fingerprint density at radius 2 is 2.14 bits per heavy atom. The van der Waals surface area contributed by atoms with Crippen LogP contribution >= 0.6 is 15.9 Å². The lowest BCUT2D eigenvalue weighted by atomic mass is 10.1. The molecule has 1 aromatic heterocycles. The van der Waals surface area contributed by atoms with E-state index in [9.17, 15) is 13.2 Å². The van der Waals surface area contributed by atoms with E-state index in [2.05, 4.69) is 15.9 Å². The van der Waals surface area contributed by atoms with E-state index in [1.165, 1.54) is 6.26 Å². The van der Waals surface area contributed by atoms with Crippen LogP contribution in [0.5, 0.6) is 0 Å². The third-order valence-corrected chi connectivity index (χ3v) is 5.89. The SMILES string of the molecule is CN(C)CCCN(C(=O)c1coc(Br)c1)C1CCS(=O)(=O)C1. The van der Waals surface area contributed by atoms with Crippen LogP contribution in [-0.4, -0.2) is 68.9 Å². The Kier molecular flexibility index (Phi) is 5.68. The van der Waals surface area contributed by atoms with Gasteiger partial charge in [-0.1, -0.05) is 0 Å². The summed E-state index contributed by atoms with van der Waals surface area (Å²) in [5.74, 6) is 0.0412. The van der Waals surface area contributed by atoms with Gasteiger partial charge in [0.15, 0.2) is 14.5 Å². The molecule has 0 spiro atoms. The quantitative estimate of drug-likeness (QED) is 0.735. The first-order valence-corrected chi connectivity index (χ1v) is 9.80. The summed E-state index contributed by atoms with van der Waals surface area (Å²) in [4.78, 5) is 16.4. The number of rotatable bonds is 6. The van der Waals surface area contributed by atoms with E-state index in [1.54, 1.807) is 11.0 Å². The van der Waals surface area contributed by atoms with Crippen LogP contribution in [0.15, 0.2) is 21.4 Å². The third-order valence-electron chi connectivity index (χ3n) is 3.73. The fraction of sp³-hybridized carbons (Fsp3) is 0.643. The molecule has 22 heavy (non-hydrogen) atoms. The van der Waals surface area contributed by atoms with Crippen molar-refractivity contribution >= 4 is 31.7 Å². The van der Waals surface area contributed by atoms with Crippen molar-refractivity contribution in [2.45, 2.75) is 18.9 Å². The number of carbonyl (C=O) groups excluding carboxylic acids is 1. The number of halogens is 1. The zero-order valence-electron chi connectivity index (χ0n) is 12.8. The highest BCUT2D eigenvalue weighted by molar-refractivity contribution is 9.10. The summed E-state index contributed by atoms with van der Waals surface area (Å²) in [6, 6.07) is 1.37. The molecule has 2 heterocycles. The molecule has 2 rings (SSSR count). The van der Waals surface area contributed by atoms with E-state index in [0.29, 0.717) is 23.2 Å². The molecule has 0 radical (unpaired) electrons. The second-order valence-electron chi connectivity index (χ2n) is 5.85. The smallest absolute Gasteiger partial charge is 0.257 e. The van der Waals surface area contributed by atoms with Crippen molar-refractivity contribution in [3.8, 4) is 0 Å². The van der Waals surface area contributed by atoms with E-state index in [0.717, 1.165) is 13.0 Å². The van der Waals surface area contributed by atoms with Gasteiger partial charge in [-0.3, -0.25) is 4.79 Å². The van der Waals surface area contributed by atoms with Crippen molar-refractivity contribution in [3.05, 3.63) is 22.6 Å². The van der Waals surface area contributed by atoms with Gasteiger partial charge in [-0.2, -0.15) is 0 Å². The first-order chi connectivity index (χ1) is 10.3. The summed E-state index contributed by atoms with van der Waals surface area (Å²) >= 11 is 3.18. The van der Waals surface area contributed by atoms with Crippen LogP contribution in [0.1, 0.15) is 23.2 Å². The molecule has 1 saturated heterocycles. The molecule has 6 nitrogen and oxygen atoms in total. The minimum absolute atomic E-state index is 0.0553. The molecule has 1 fully saturated rings. The average molecular weight is 393 g/mol. The van der Waals surface area contributed by atoms with Crippen molar-refractivity contribution in [1.29, 1.82) is 0 Å². The van der Waals surface area contributed by atoms with Gasteiger partial charge in [-0.15, -0.1) is 0 Å². The largest absolute Gasteiger partial charge is 0.457 e. The molecular formula is C14H21BrN2O4S. The maximum Gasteiger partial charge on any atom is 0.257 e. The van der Waals surface area contributed by atoms with E-state index >= 15 is 0 Å². The van der Waals surface area contributed by atoms with Crippen molar-refractivity contribution in [3.63, 3.8) is 0 Å². The standard InChI is InChI=1S/C14H21BrN2O4S/c1-16(2)5-3-6-17(12-4-7-22(19,20)10-12)14(18)11-8-13(15)21-9-11/h8-9,12H,3-7,10H2,1-2H3. The lowest BCUT2D eigenvalue weighted by Gasteiger charge is -2.28. The van der Waals surface area contributed by atoms with Crippen molar-refractivity contribution in [2.24, 2.45) is 0 Å². The first kappa shape index (κ1) is 17.5. The Labute approximate surface area is 139 Å². The molecule has 124 valence electrons. The number of hydrogen-bond donors (Lipinski definition) is 0. The minimum atomic E-state index is -3.03. The van der Waals surface area contributed by atoms with Crippen LogP contribution < -0.4 is 0 Å². The lowest BCUT2D eigenvalue weighted by Crippen LogP contribution is -2.42. The Morgan fingerprint density at radius 1 is 1.41 bits per heavy atom. The number of amides is 1. The van der Waals surface area contributed by atoms with E-state index < -0.39 is 9.84 Å². The minimum Gasteiger partial charge on any atom is -0.457 e. The van der Waals surface area contributed by atoms with Gasteiger partial charge >= 0.3 is 0 Å². The molecule has 1 unspecified atom stereocenters. The number of sulfone groups is 1. The lowest BCUT2D eigenvalue weighted by molar-refractivity contribution is 0.0689. The van der Waals surface area contributed by atoms with Crippen LogP contribution in [0.2, 0.25) is 0 Å². The van der Waals surface area contributed by atoms with Crippen LogP contribution in [-0.2, 0) is 9.84 Å². The van der Waals surface area contributed by atoms with Crippen LogP contribution in [0.25, 0.3) is 0 Å². The summed E-state index contributed by atoms with van der Waals surface area (Å²) in [6.45, 7) is 1.39. The van der Waals surface area contributed by atoms with E-state index in [-0.39, 0.29) is 23.5 Å². The van der Waals surface area contributed by atoms with Gasteiger partial charge in [-0.05, 0) is 49.4 Å². The fourth-order valence-corrected chi connectivity index (χ4v) is 4.69. The number of carbonyl (C=O) groups is 1. The topological polar surface area (TPSA) is 70.8 Å². The Bertz CT molecular complexity index is 627. The number of nitrogens with zero attached hydrogens (tertiary/aromatic N) is 2. The van der Waals surface area contributed by atoms with Gasteiger partial charge in [0, 0.05) is 18.7 Å². The highest BCUT2D eigenvalue weighted by atomic mass is 79.9. The number of furan rings is 1. The van der Waals surface area contributed by atoms with Crippen molar-refractivity contribution in [1.82, 2.24) is 9.80 Å². The molecule has 0 aliphatic carbocycles. The summed E-state index contributed by atoms with van der Waals surface area (Å²) in [5, 5.41) is 0. The predicted octanol–water partition coefficient (Wildman–Crippen LogP) is 1.62. The second kappa shape index (κ2) is 7.14. The molecule has 1 aliphatic heterocycles. The monoisotopic (exact) mass is 392 g/mol. The molecule has 0 aromatic carbocycles. The molecule has 0 saturated carbocycles.